The van der Waals surface area contributed by atoms with Crippen LogP contribution < -0.4 is 14.5 Å². The van der Waals surface area contributed by atoms with E-state index in [2.05, 4.69) is 9.80 Å². The number of methoxy groups -OCH3 is 1. The molecule has 2 aliphatic heterocycles. The summed E-state index contributed by atoms with van der Waals surface area (Å²) in [6.07, 6.45) is -0.542. The molecule has 0 N–H and O–H groups in total. The number of Topliss-reactive ketones (excluding diaryl/α,β-unsaturated/α-hetero) is 1. The Morgan fingerprint density at radius 3 is 2.26 bits per heavy atom. The SMILES string of the molecule is COc1ccccc1N1CCN([C@@H]2C(=O)c3ccccc3N2C(C)=O)CC1. The molecule has 0 unspecified atom stereocenters. The highest BCUT2D eigenvalue weighted by molar-refractivity contribution is 6.17. The van der Waals surface area contributed by atoms with E-state index in [0.717, 1.165) is 24.5 Å². The van der Waals surface area contributed by atoms with E-state index in [4.69, 9.17) is 4.74 Å². The molecule has 2 aromatic carbocycles. The van der Waals surface area contributed by atoms with Crippen LogP contribution in [0.25, 0.3) is 0 Å². The standard InChI is InChI=1S/C21H23N3O3/c1-15(25)24-17-8-4-3-7-16(17)20(26)21(24)23-13-11-22(12-14-23)18-9-5-6-10-19(18)27-2/h3-10,21H,11-14H2,1-2H3/t21-/m0/s1. The van der Waals surface area contributed by atoms with Gasteiger partial charge in [-0.25, -0.2) is 0 Å². The van der Waals surface area contributed by atoms with E-state index in [0.29, 0.717) is 24.3 Å². The minimum atomic E-state index is -0.542. The molecule has 140 valence electrons. The van der Waals surface area contributed by atoms with Gasteiger partial charge in [-0.2, -0.15) is 0 Å². The number of fused-ring (bicyclic) bond motifs is 1. The molecule has 0 bridgehead atoms. The number of rotatable bonds is 3. The predicted molar refractivity (Wildman–Crippen MR) is 105 cm³/mol. The highest BCUT2D eigenvalue weighted by Gasteiger charge is 2.43. The lowest BCUT2D eigenvalue weighted by atomic mass is 10.1. The van der Waals surface area contributed by atoms with E-state index >= 15 is 0 Å². The average Bonchev–Trinajstić information content (AvgIpc) is 3.01. The molecule has 0 aliphatic carbocycles. The van der Waals surface area contributed by atoms with E-state index in [1.54, 1.807) is 18.1 Å². The lowest BCUT2D eigenvalue weighted by molar-refractivity contribution is -0.117. The summed E-state index contributed by atoms with van der Waals surface area (Å²) in [6, 6.07) is 15.3. The minimum absolute atomic E-state index is 0.00606. The summed E-state index contributed by atoms with van der Waals surface area (Å²) in [7, 11) is 1.67. The van der Waals surface area contributed by atoms with Gasteiger partial charge in [0, 0.05) is 38.7 Å². The molecule has 0 saturated carbocycles. The van der Waals surface area contributed by atoms with Crippen LogP contribution in [0.15, 0.2) is 48.5 Å². The topological polar surface area (TPSA) is 53.1 Å². The number of carbonyl (C=O) groups excluding carboxylic acids is 2. The first-order valence-corrected chi connectivity index (χ1v) is 9.17. The molecule has 0 radical (unpaired) electrons. The third-order valence-corrected chi connectivity index (χ3v) is 5.33. The maximum Gasteiger partial charge on any atom is 0.225 e. The molecular weight excluding hydrogens is 342 g/mol. The van der Waals surface area contributed by atoms with Crippen LogP contribution in [0.5, 0.6) is 5.75 Å². The van der Waals surface area contributed by atoms with E-state index in [9.17, 15) is 9.59 Å². The van der Waals surface area contributed by atoms with Crippen molar-refractivity contribution in [1.29, 1.82) is 0 Å². The van der Waals surface area contributed by atoms with Crippen LogP contribution in [-0.2, 0) is 4.79 Å². The Morgan fingerprint density at radius 1 is 0.963 bits per heavy atom. The third-order valence-electron chi connectivity index (χ3n) is 5.33. The van der Waals surface area contributed by atoms with Crippen LogP contribution in [0.4, 0.5) is 11.4 Å². The first-order valence-electron chi connectivity index (χ1n) is 9.17. The van der Waals surface area contributed by atoms with Crippen LogP contribution in [0, 0.1) is 0 Å². The molecule has 2 heterocycles. The van der Waals surface area contributed by atoms with Gasteiger partial charge in [0.15, 0.2) is 6.17 Å². The van der Waals surface area contributed by atoms with Crippen LogP contribution in [0.1, 0.15) is 17.3 Å². The first kappa shape index (κ1) is 17.5. The van der Waals surface area contributed by atoms with Gasteiger partial charge in [-0.1, -0.05) is 24.3 Å². The van der Waals surface area contributed by atoms with Crippen molar-refractivity contribution in [2.24, 2.45) is 0 Å². The largest absolute Gasteiger partial charge is 0.495 e. The first-order chi connectivity index (χ1) is 13.1. The number of piperazine rings is 1. The number of amides is 1. The number of benzene rings is 2. The number of ether oxygens (including phenoxy) is 1. The van der Waals surface area contributed by atoms with Crippen molar-refractivity contribution >= 4 is 23.1 Å². The molecule has 27 heavy (non-hydrogen) atoms. The summed E-state index contributed by atoms with van der Waals surface area (Å²) in [5.74, 6) is 0.748. The molecule has 0 aromatic heterocycles. The Morgan fingerprint density at radius 2 is 1.59 bits per heavy atom. The Labute approximate surface area is 158 Å². The van der Waals surface area contributed by atoms with Crippen molar-refractivity contribution in [1.82, 2.24) is 4.90 Å². The van der Waals surface area contributed by atoms with Gasteiger partial charge in [0.2, 0.25) is 11.7 Å². The van der Waals surface area contributed by atoms with Gasteiger partial charge >= 0.3 is 0 Å². The number of ketones is 1. The zero-order valence-corrected chi connectivity index (χ0v) is 15.6. The zero-order valence-electron chi connectivity index (χ0n) is 15.6. The molecule has 0 spiro atoms. The van der Waals surface area contributed by atoms with Gasteiger partial charge in [0.25, 0.3) is 0 Å². The molecule has 1 amide bonds. The van der Waals surface area contributed by atoms with Crippen molar-refractivity contribution in [2.45, 2.75) is 13.1 Å². The Bertz CT molecular complexity index is 874. The second-order valence-electron chi connectivity index (χ2n) is 6.84. The molecule has 6 nitrogen and oxygen atoms in total. The van der Waals surface area contributed by atoms with Gasteiger partial charge in [0.1, 0.15) is 5.75 Å². The van der Waals surface area contributed by atoms with E-state index in [1.165, 1.54) is 6.92 Å². The summed E-state index contributed by atoms with van der Waals surface area (Å²) >= 11 is 0. The number of hydrogen-bond acceptors (Lipinski definition) is 5. The fraction of sp³-hybridized carbons (Fsp3) is 0.333. The van der Waals surface area contributed by atoms with Crippen molar-refractivity contribution in [2.75, 3.05) is 43.1 Å². The van der Waals surface area contributed by atoms with Gasteiger partial charge in [-0.3, -0.25) is 19.4 Å². The van der Waals surface area contributed by atoms with E-state index < -0.39 is 6.17 Å². The Hall–Kier alpha value is -2.86. The van der Waals surface area contributed by atoms with Crippen molar-refractivity contribution in [3.63, 3.8) is 0 Å². The second-order valence-corrected chi connectivity index (χ2v) is 6.84. The number of nitrogens with zero attached hydrogens (tertiary/aromatic N) is 3. The number of anilines is 2. The second kappa shape index (κ2) is 7.04. The maximum absolute atomic E-state index is 13.0. The third kappa shape index (κ3) is 2.96. The summed E-state index contributed by atoms with van der Waals surface area (Å²) in [6.45, 7) is 4.46. The van der Waals surface area contributed by atoms with E-state index in [-0.39, 0.29) is 11.7 Å². The lowest BCUT2D eigenvalue weighted by Crippen LogP contribution is -2.58. The van der Waals surface area contributed by atoms with Gasteiger partial charge in [-0.05, 0) is 24.3 Å². The minimum Gasteiger partial charge on any atom is -0.495 e. The van der Waals surface area contributed by atoms with Crippen LogP contribution in [-0.4, -0.2) is 56.0 Å². The fourth-order valence-electron chi connectivity index (χ4n) is 4.05. The van der Waals surface area contributed by atoms with Crippen LogP contribution in [0.3, 0.4) is 0 Å². The maximum atomic E-state index is 13.0. The molecule has 2 aromatic rings. The van der Waals surface area contributed by atoms with Crippen LogP contribution in [0.2, 0.25) is 0 Å². The Balaban J connectivity index is 1.54. The van der Waals surface area contributed by atoms with Crippen molar-refractivity contribution in [3.8, 4) is 5.75 Å². The molecule has 1 atom stereocenters. The van der Waals surface area contributed by atoms with Crippen molar-refractivity contribution in [3.05, 3.63) is 54.1 Å². The summed E-state index contributed by atoms with van der Waals surface area (Å²) in [4.78, 5) is 31.3. The highest BCUT2D eigenvalue weighted by atomic mass is 16.5. The zero-order chi connectivity index (χ0) is 19.0. The quantitative estimate of drug-likeness (QED) is 0.836. The molecule has 2 aliphatic rings. The molecule has 1 fully saturated rings. The predicted octanol–water partition coefficient (Wildman–Crippen LogP) is 2.39. The molecule has 1 saturated heterocycles. The fourth-order valence-corrected chi connectivity index (χ4v) is 4.05. The van der Waals surface area contributed by atoms with Gasteiger partial charge < -0.3 is 9.64 Å². The highest BCUT2D eigenvalue weighted by Crippen LogP contribution is 2.35. The summed E-state index contributed by atoms with van der Waals surface area (Å²) < 4.78 is 5.47. The van der Waals surface area contributed by atoms with Gasteiger partial charge in [0.05, 0.1) is 18.5 Å². The lowest BCUT2D eigenvalue weighted by Gasteiger charge is -2.41. The monoisotopic (exact) mass is 365 g/mol. The summed E-state index contributed by atoms with van der Waals surface area (Å²) in [5.41, 5.74) is 2.40. The number of hydrogen-bond donors (Lipinski definition) is 0. The summed E-state index contributed by atoms with van der Waals surface area (Å²) in [5, 5.41) is 0. The smallest absolute Gasteiger partial charge is 0.225 e. The normalized spacial score (nSPS) is 19.9. The van der Waals surface area contributed by atoms with Crippen LogP contribution >= 0.6 is 0 Å². The number of carbonyl (C=O) groups is 2. The van der Waals surface area contributed by atoms with Crippen molar-refractivity contribution < 1.29 is 14.3 Å². The number of para-hydroxylation sites is 3. The molecular formula is C21H23N3O3. The Kier molecular flexibility index (Phi) is 4.58. The average molecular weight is 365 g/mol. The van der Waals surface area contributed by atoms with E-state index in [1.807, 2.05) is 42.5 Å². The molecule has 6 heteroatoms. The molecule has 4 rings (SSSR count). The van der Waals surface area contributed by atoms with Gasteiger partial charge in [-0.15, -0.1) is 0 Å².